The average Bonchev–Trinajstić information content (AvgIpc) is 3.25. The van der Waals surface area contributed by atoms with Gasteiger partial charge in [0.25, 0.3) is 0 Å². The Hall–Kier alpha value is -1.10. The molecule has 2 rings (SSSR count). The molecule has 1 N–H and O–H groups in total. The van der Waals surface area contributed by atoms with E-state index in [-0.39, 0.29) is 29.8 Å². The molecule has 0 aromatic carbocycles. The van der Waals surface area contributed by atoms with Gasteiger partial charge >= 0.3 is 0 Å². The van der Waals surface area contributed by atoms with Crippen LogP contribution in [0.5, 0.6) is 0 Å². The van der Waals surface area contributed by atoms with Crippen molar-refractivity contribution in [3.05, 3.63) is 0 Å². The Morgan fingerprint density at radius 2 is 2.00 bits per heavy atom. The molecule has 1 saturated heterocycles. The topological polar surface area (TPSA) is 58.6 Å². The van der Waals surface area contributed by atoms with Crippen molar-refractivity contribution >= 4 is 11.8 Å². The molecule has 1 heterocycles. The van der Waals surface area contributed by atoms with Crippen LogP contribution in [0.3, 0.4) is 0 Å². The number of ether oxygens (including phenoxy) is 1. The Labute approximate surface area is 127 Å². The molecule has 2 amide bonds. The summed E-state index contributed by atoms with van der Waals surface area (Å²) in [7, 11) is 0. The van der Waals surface area contributed by atoms with Crippen LogP contribution in [0.4, 0.5) is 0 Å². The molecule has 0 bridgehead atoms. The highest BCUT2D eigenvalue weighted by Gasteiger charge is 2.47. The molecule has 2 atom stereocenters. The Morgan fingerprint density at radius 3 is 2.57 bits per heavy atom. The van der Waals surface area contributed by atoms with Crippen molar-refractivity contribution in [3.8, 4) is 0 Å². The van der Waals surface area contributed by atoms with E-state index < -0.39 is 0 Å². The van der Waals surface area contributed by atoms with Crippen LogP contribution in [0.2, 0.25) is 0 Å². The summed E-state index contributed by atoms with van der Waals surface area (Å²) in [6.07, 6.45) is 4.23. The number of nitrogens with one attached hydrogen (secondary N) is 1. The fourth-order valence-corrected chi connectivity index (χ4v) is 2.93. The van der Waals surface area contributed by atoms with Gasteiger partial charge in [-0.2, -0.15) is 0 Å². The largest absolute Gasteiger partial charge is 0.380 e. The molecule has 120 valence electrons. The van der Waals surface area contributed by atoms with Crippen LogP contribution in [-0.4, -0.2) is 48.6 Å². The number of carbonyl (C=O) groups excluding carboxylic acids is 2. The second-order valence-corrected chi connectivity index (χ2v) is 6.51. The number of rotatable bonds is 8. The van der Waals surface area contributed by atoms with Crippen molar-refractivity contribution in [2.75, 3.05) is 19.8 Å². The molecular weight excluding hydrogens is 268 g/mol. The number of hydrogen-bond acceptors (Lipinski definition) is 3. The highest BCUT2D eigenvalue weighted by atomic mass is 16.5. The number of piperazine rings is 1. The van der Waals surface area contributed by atoms with Gasteiger partial charge in [-0.15, -0.1) is 0 Å². The van der Waals surface area contributed by atoms with Gasteiger partial charge < -0.3 is 15.0 Å². The van der Waals surface area contributed by atoms with Gasteiger partial charge in [-0.05, 0) is 31.1 Å². The van der Waals surface area contributed by atoms with E-state index in [1.54, 1.807) is 4.90 Å². The normalized spacial score (nSPS) is 26.4. The lowest BCUT2D eigenvalue weighted by Gasteiger charge is -2.41. The van der Waals surface area contributed by atoms with E-state index in [0.29, 0.717) is 19.1 Å². The summed E-state index contributed by atoms with van der Waals surface area (Å²) in [4.78, 5) is 26.7. The predicted molar refractivity (Wildman–Crippen MR) is 80.7 cm³/mol. The van der Waals surface area contributed by atoms with Crippen molar-refractivity contribution in [2.45, 2.75) is 58.5 Å². The third-order valence-corrected chi connectivity index (χ3v) is 4.29. The van der Waals surface area contributed by atoms with Crippen LogP contribution in [0.25, 0.3) is 0 Å². The van der Waals surface area contributed by atoms with Crippen LogP contribution in [0.1, 0.15) is 46.5 Å². The number of carbonyl (C=O) groups is 2. The van der Waals surface area contributed by atoms with E-state index in [0.717, 1.165) is 32.3 Å². The molecule has 21 heavy (non-hydrogen) atoms. The summed E-state index contributed by atoms with van der Waals surface area (Å²) in [6.45, 7) is 7.85. The van der Waals surface area contributed by atoms with Crippen LogP contribution >= 0.6 is 0 Å². The maximum atomic E-state index is 12.6. The highest BCUT2D eigenvalue weighted by Crippen LogP contribution is 2.35. The molecule has 1 aliphatic heterocycles. The maximum Gasteiger partial charge on any atom is 0.246 e. The molecule has 0 radical (unpaired) electrons. The smallest absolute Gasteiger partial charge is 0.246 e. The third kappa shape index (κ3) is 3.96. The van der Waals surface area contributed by atoms with E-state index in [4.69, 9.17) is 4.74 Å². The van der Waals surface area contributed by atoms with Crippen LogP contribution in [0, 0.1) is 11.8 Å². The molecule has 1 aliphatic carbocycles. The van der Waals surface area contributed by atoms with Gasteiger partial charge in [0.2, 0.25) is 11.8 Å². The van der Waals surface area contributed by atoms with E-state index in [9.17, 15) is 9.59 Å². The number of nitrogens with zero attached hydrogens (tertiary/aromatic N) is 1. The first-order valence-electron chi connectivity index (χ1n) is 8.24. The fraction of sp³-hybridized carbons (Fsp3) is 0.875. The first-order chi connectivity index (χ1) is 10.1. The van der Waals surface area contributed by atoms with Gasteiger partial charge in [0.1, 0.15) is 12.1 Å². The van der Waals surface area contributed by atoms with Crippen LogP contribution < -0.4 is 5.32 Å². The zero-order valence-corrected chi connectivity index (χ0v) is 13.4. The molecule has 0 spiro atoms. The lowest BCUT2D eigenvalue weighted by atomic mass is 9.95. The van der Waals surface area contributed by atoms with Gasteiger partial charge in [0, 0.05) is 13.2 Å². The predicted octanol–water partition coefficient (Wildman–Crippen LogP) is 1.56. The molecule has 2 fully saturated rings. The fourth-order valence-electron chi connectivity index (χ4n) is 2.93. The minimum atomic E-state index is -0.359. The van der Waals surface area contributed by atoms with E-state index in [1.807, 2.05) is 13.8 Å². The Balaban J connectivity index is 1.96. The first-order valence-corrected chi connectivity index (χ1v) is 8.24. The van der Waals surface area contributed by atoms with Gasteiger partial charge in [-0.1, -0.05) is 27.2 Å². The Morgan fingerprint density at radius 1 is 1.29 bits per heavy atom. The molecule has 2 unspecified atom stereocenters. The molecule has 5 heteroatoms. The number of amides is 2. The molecule has 0 aromatic rings. The summed E-state index contributed by atoms with van der Waals surface area (Å²) in [5.41, 5.74) is 0. The lowest BCUT2D eigenvalue weighted by molar-refractivity contribution is -0.152. The summed E-state index contributed by atoms with van der Waals surface area (Å²) in [5, 5.41) is 2.93. The molecule has 1 saturated carbocycles. The summed E-state index contributed by atoms with van der Waals surface area (Å²) < 4.78 is 5.57. The monoisotopic (exact) mass is 296 g/mol. The second kappa shape index (κ2) is 7.25. The van der Waals surface area contributed by atoms with Crippen molar-refractivity contribution in [3.63, 3.8) is 0 Å². The lowest BCUT2D eigenvalue weighted by Crippen LogP contribution is -2.65. The van der Waals surface area contributed by atoms with Crippen LogP contribution in [0.15, 0.2) is 0 Å². The third-order valence-electron chi connectivity index (χ3n) is 4.29. The highest BCUT2D eigenvalue weighted by molar-refractivity contribution is 5.97. The number of hydrogen-bond donors (Lipinski definition) is 1. The zero-order valence-electron chi connectivity index (χ0n) is 13.4. The summed E-state index contributed by atoms with van der Waals surface area (Å²) in [5.74, 6) is 0.535. The molecule has 5 nitrogen and oxygen atoms in total. The molecule has 2 aliphatic rings. The van der Waals surface area contributed by atoms with Crippen molar-refractivity contribution < 1.29 is 14.3 Å². The Bertz CT molecular complexity index is 380. The van der Waals surface area contributed by atoms with Crippen molar-refractivity contribution in [1.29, 1.82) is 0 Å². The quantitative estimate of drug-likeness (QED) is 0.692. The first kappa shape index (κ1) is 16.3. The SMILES string of the molecule is CCCCOCCN1C(=O)C(C2CC2)NC(=O)C1C(C)C. The minimum Gasteiger partial charge on any atom is -0.380 e. The zero-order chi connectivity index (χ0) is 15.4. The van der Waals surface area contributed by atoms with Gasteiger partial charge in [0.05, 0.1) is 6.61 Å². The van der Waals surface area contributed by atoms with E-state index in [2.05, 4.69) is 12.2 Å². The molecule has 0 aromatic heterocycles. The number of unbranched alkanes of at least 4 members (excludes halogenated alkanes) is 1. The van der Waals surface area contributed by atoms with Crippen molar-refractivity contribution in [1.82, 2.24) is 10.2 Å². The summed E-state index contributed by atoms with van der Waals surface area (Å²) in [6, 6.07) is -0.662. The second-order valence-electron chi connectivity index (χ2n) is 6.51. The Kier molecular flexibility index (Phi) is 5.62. The standard InChI is InChI=1S/C16H28N2O3/c1-4-5-9-21-10-8-18-14(11(2)3)15(19)17-13(16(18)20)12-6-7-12/h11-14H,4-10H2,1-3H3,(H,17,19). The average molecular weight is 296 g/mol. The maximum absolute atomic E-state index is 12.6. The minimum absolute atomic E-state index is 0.00458. The van der Waals surface area contributed by atoms with Gasteiger partial charge in [-0.3, -0.25) is 9.59 Å². The van der Waals surface area contributed by atoms with Gasteiger partial charge in [0.15, 0.2) is 0 Å². The van der Waals surface area contributed by atoms with Crippen molar-refractivity contribution in [2.24, 2.45) is 11.8 Å². The van der Waals surface area contributed by atoms with E-state index in [1.165, 1.54) is 0 Å². The van der Waals surface area contributed by atoms with E-state index >= 15 is 0 Å². The molecular formula is C16H28N2O3. The van der Waals surface area contributed by atoms with Crippen LogP contribution in [-0.2, 0) is 14.3 Å². The van der Waals surface area contributed by atoms with Gasteiger partial charge in [-0.25, -0.2) is 0 Å². The summed E-state index contributed by atoms with van der Waals surface area (Å²) >= 11 is 0.